The molecule has 3 heterocycles. The predicted octanol–water partition coefficient (Wildman–Crippen LogP) is 3.64. The van der Waals surface area contributed by atoms with E-state index in [0.29, 0.717) is 5.69 Å². The molecule has 0 spiro atoms. The molecule has 5 nitrogen and oxygen atoms in total. The number of aromatic amines is 1. The van der Waals surface area contributed by atoms with Crippen LogP contribution in [0.2, 0.25) is 0 Å². The number of thiazole rings is 1. The Kier molecular flexibility index (Phi) is 4.21. The van der Waals surface area contributed by atoms with E-state index in [2.05, 4.69) is 27.3 Å². The number of piperidine rings is 1. The van der Waals surface area contributed by atoms with Gasteiger partial charge in [0, 0.05) is 24.8 Å². The minimum atomic E-state index is -0.0123. The molecule has 4 rings (SSSR count). The molecule has 0 bridgehead atoms. The van der Waals surface area contributed by atoms with Crippen molar-refractivity contribution in [1.82, 2.24) is 15.3 Å². The van der Waals surface area contributed by atoms with Crippen molar-refractivity contribution in [3.8, 4) is 0 Å². The molecule has 1 atom stereocenters. The first-order valence-electron chi connectivity index (χ1n) is 8.68. The number of benzene rings is 1. The van der Waals surface area contributed by atoms with Crippen molar-refractivity contribution in [2.75, 3.05) is 18.0 Å². The van der Waals surface area contributed by atoms with E-state index in [9.17, 15) is 4.79 Å². The largest absolute Gasteiger partial charge is 0.354 e. The molecule has 0 saturated carbocycles. The lowest BCUT2D eigenvalue weighted by molar-refractivity contribution is 0.0928. The Bertz CT molecular complexity index is 880. The SMILES string of the molecule is Cc1cc(C)c(C(=O)N[C@@H]2CCCN(c3nc4ccccc4s3)C2)[nH]1. The number of nitrogens with zero attached hydrogens (tertiary/aromatic N) is 2. The Balaban J connectivity index is 1.47. The summed E-state index contributed by atoms with van der Waals surface area (Å²) >= 11 is 1.72. The number of hydrogen-bond donors (Lipinski definition) is 2. The van der Waals surface area contributed by atoms with Gasteiger partial charge in [-0.2, -0.15) is 0 Å². The summed E-state index contributed by atoms with van der Waals surface area (Å²) in [4.78, 5) is 22.8. The number of nitrogens with one attached hydrogen (secondary N) is 2. The zero-order valence-corrected chi connectivity index (χ0v) is 15.3. The van der Waals surface area contributed by atoms with Crippen LogP contribution < -0.4 is 10.2 Å². The Hall–Kier alpha value is -2.34. The Labute approximate surface area is 151 Å². The zero-order chi connectivity index (χ0) is 17.4. The van der Waals surface area contributed by atoms with Gasteiger partial charge in [0.25, 0.3) is 5.91 Å². The molecule has 2 N–H and O–H groups in total. The maximum atomic E-state index is 12.6. The van der Waals surface area contributed by atoms with Crippen molar-refractivity contribution in [1.29, 1.82) is 0 Å². The van der Waals surface area contributed by atoms with E-state index in [1.807, 2.05) is 32.0 Å². The van der Waals surface area contributed by atoms with Gasteiger partial charge in [0.15, 0.2) is 5.13 Å². The standard InChI is InChI=1S/C19H22N4OS/c1-12-10-13(2)20-17(12)18(24)21-14-6-5-9-23(11-14)19-22-15-7-3-4-8-16(15)25-19/h3-4,7-8,10,14,20H,5-6,9,11H2,1-2H3,(H,21,24)/t14-/m1/s1. The van der Waals surface area contributed by atoms with Crippen LogP contribution in [-0.4, -0.2) is 35.0 Å². The third kappa shape index (κ3) is 3.26. The smallest absolute Gasteiger partial charge is 0.268 e. The quantitative estimate of drug-likeness (QED) is 0.755. The maximum Gasteiger partial charge on any atom is 0.268 e. The first-order valence-corrected chi connectivity index (χ1v) is 9.49. The topological polar surface area (TPSA) is 61.0 Å². The number of carbonyl (C=O) groups excluding carboxylic acids is 1. The van der Waals surface area contributed by atoms with Gasteiger partial charge in [0.05, 0.1) is 10.2 Å². The van der Waals surface area contributed by atoms with E-state index >= 15 is 0 Å². The number of aryl methyl sites for hydroxylation is 2. The summed E-state index contributed by atoms with van der Waals surface area (Å²) in [5.74, 6) is -0.0123. The monoisotopic (exact) mass is 354 g/mol. The van der Waals surface area contributed by atoms with Gasteiger partial charge in [-0.1, -0.05) is 23.5 Å². The van der Waals surface area contributed by atoms with E-state index in [-0.39, 0.29) is 11.9 Å². The van der Waals surface area contributed by atoms with E-state index in [4.69, 9.17) is 4.98 Å². The normalized spacial score (nSPS) is 17.8. The number of carbonyl (C=O) groups is 1. The minimum absolute atomic E-state index is 0.0123. The summed E-state index contributed by atoms with van der Waals surface area (Å²) in [6.45, 7) is 5.74. The number of anilines is 1. The highest BCUT2D eigenvalue weighted by atomic mass is 32.1. The number of amides is 1. The van der Waals surface area contributed by atoms with E-state index in [1.54, 1.807) is 11.3 Å². The molecule has 0 aliphatic carbocycles. The second kappa shape index (κ2) is 6.52. The molecule has 1 aromatic carbocycles. The van der Waals surface area contributed by atoms with Crippen LogP contribution in [0.5, 0.6) is 0 Å². The van der Waals surface area contributed by atoms with Crippen molar-refractivity contribution in [2.24, 2.45) is 0 Å². The van der Waals surface area contributed by atoms with Crippen molar-refractivity contribution in [3.05, 3.63) is 47.3 Å². The maximum absolute atomic E-state index is 12.6. The number of hydrogen-bond acceptors (Lipinski definition) is 4. The number of rotatable bonds is 3. The Morgan fingerprint density at radius 1 is 1.36 bits per heavy atom. The van der Waals surface area contributed by atoms with Crippen LogP contribution in [0, 0.1) is 13.8 Å². The second-order valence-electron chi connectivity index (χ2n) is 6.73. The summed E-state index contributed by atoms with van der Waals surface area (Å²) in [6, 6.07) is 10.4. The van der Waals surface area contributed by atoms with Crippen LogP contribution in [0.1, 0.15) is 34.6 Å². The van der Waals surface area contributed by atoms with Gasteiger partial charge in [0.1, 0.15) is 5.69 Å². The van der Waals surface area contributed by atoms with Crippen LogP contribution in [0.4, 0.5) is 5.13 Å². The molecule has 6 heteroatoms. The third-order valence-electron chi connectivity index (χ3n) is 4.69. The van der Waals surface area contributed by atoms with Crippen molar-refractivity contribution in [3.63, 3.8) is 0 Å². The van der Waals surface area contributed by atoms with Gasteiger partial charge in [-0.15, -0.1) is 0 Å². The molecule has 25 heavy (non-hydrogen) atoms. The van der Waals surface area contributed by atoms with Crippen LogP contribution in [0.3, 0.4) is 0 Å². The number of fused-ring (bicyclic) bond motifs is 1. The second-order valence-corrected chi connectivity index (χ2v) is 7.74. The number of para-hydroxylation sites is 1. The lowest BCUT2D eigenvalue weighted by Crippen LogP contribution is -2.48. The molecule has 1 saturated heterocycles. The highest BCUT2D eigenvalue weighted by Crippen LogP contribution is 2.30. The summed E-state index contributed by atoms with van der Waals surface area (Å²) in [6.07, 6.45) is 2.06. The van der Waals surface area contributed by atoms with Gasteiger partial charge in [-0.05, 0) is 50.5 Å². The van der Waals surface area contributed by atoms with Gasteiger partial charge in [0.2, 0.25) is 0 Å². The Morgan fingerprint density at radius 3 is 2.96 bits per heavy atom. The molecule has 1 fully saturated rings. The highest BCUT2D eigenvalue weighted by molar-refractivity contribution is 7.22. The summed E-state index contributed by atoms with van der Waals surface area (Å²) in [5.41, 5.74) is 3.73. The third-order valence-corrected chi connectivity index (χ3v) is 5.78. The van der Waals surface area contributed by atoms with E-state index in [1.165, 1.54) is 4.70 Å². The molecular weight excluding hydrogens is 332 g/mol. The molecule has 0 unspecified atom stereocenters. The predicted molar refractivity (Wildman–Crippen MR) is 103 cm³/mol. The van der Waals surface area contributed by atoms with Crippen LogP contribution in [0.25, 0.3) is 10.2 Å². The lowest BCUT2D eigenvalue weighted by Gasteiger charge is -2.32. The average molecular weight is 354 g/mol. The van der Waals surface area contributed by atoms with Gasteiger partial charge >= 0.3 is 0 Å². The minimum Gasteiger partial charge on any atom is -0.354 e. The summed E-state index contributed by atoms with van der Waals surface area (Å²) < 4.78 is 1.21. The number of H-pyrrole nitrogens is 1. The Morgan fingerprint density at radius 2 is 2.20 bits per heavy atom. The fraction of sp³-hybridized carbons (Fsp3) is 0.368. The first-order chi connectivity index (χ1) is 12.1. The van der Waals surface area contributed by atoms with E-state index in [0.717, 1.165) is 47.8 Å². The summed E-state index contributed by atoms with van der Waals surface area (Å²) in [5, 5.41) is 4.24. The van der Waals surface area contributed by atoms with Gasteiger partial charge in [-0.25, -0.2) is 4.98 Å². The molecule has 1 aliphatic rings. The van der Waals surface area contributed by atoms with Crippen LogP contribution in [0.15, 0.2) is 30.3 Å². The highest BCUT2D eigenvalue weighted by Gasteiger charge is 2.24. The van der Waals surface area contributed by atoms with Gasteiger partial charge in [-0.3, -0.25) is 4.79 Å². The lowest BCUT2D eigenvalue weighted by atomic mass is 10.1. The fourth-order valence-electron chi connectivity index (χ4n) is 3.49. The number of aromatic nitrogens is 2. The fourth-order valence-corrected chi connectivity index (χ4v) is 4.49. The van der Waals surface area contributed by atoms with Gasteiger partial charge < -0.3 is 15.2 Å². The van der Waals surface area contributed by atoms with Crippen LogP contribution in [-0.2, 0) is 0 Å². The van der Waals surface area contributed by atoms with Crippen molar-refractivity contribution in [2.45, 2.75) is 32.7 Å². The first kappa shape index (κ1) is 16.1. The molecule has 3 aromatic rings. The molecule has 130 valence electrons. The summed E-state index contributed by atoms with van der Waals surface area (Å²) in [7, 11) is 0. The molecule has 1 aliphatic heterocycles. The molecule has 1 amide bonds. The molecular formula is C19H22N4OS. The molecule has 0 radical (unpaired) electrons. The van der Waals surface area contributed by atoms with Crippen molar-refractivity contribution >= 4 is 32.6 Å². The van der Waals surface area contributed by atoms with Crippen LogP contribution >= 0.6 is 11.3 Å². The average Bonchev–Trinajstić information content (AvgIpc) is 3.18. The molecule has 2 aromatic heterocycles. The zero-order valence-electron chi connectivity index (χ0n) is 14.5. The van der Waals surface area contributed by atoms with Crippen molar-refractivity contribution < 1.29 is 4.79 Å². The van der Waals surface area contributed by atoms with E-state index < -0.39 is 0 Å².